The minimum atomic E-state index is 0.150. The standard InChI is InChI=1S/C13H22ClNO2/c14-9-13(5-1-2-6-13)10-15-12(16)11-3-7-17-8-4-11/h11H,1-10H2,(H,15,16). The predicted octanol–water partition coefficient (Wildman–Crippen LogP) is 2.33. The summed E-state index contributed by atoms with van der Waals surface area (Å²) < 4.78 is 5.27. The molecule has 0 atom stereocenters. The van der Waals surface area contributed by atoms with Crippen molar-refractivity contribution in [2.45, 2.75) is 38.5 Å². The van der Waals surface area contributed by atoms with Gasteiger partial charge in [-0.2, -0.15) is 0 Å². The van der Waals surface area contributed by atoms with Gasteiger partial charge in [0.15, 0.2) is 0 Å². The third kappa shape index (κ3) is 3.35. The molecule has 3 nitrogen and oxygen atoms in total. The summed E-state index contributed by atoms with van der Waals surface area (Å²) in [6.07, 6.45) is 6.54. The molecule has 2 rings (SSSR count). The number of carbonyl (C=O) groups is 1. The van der Waals surface area contributed by atoms with Crippen LogP contribution in [0.15, 0.2) is 0 Å². The average Bonchev–Trinajstić information content (AvgIpc) is 2.86. The SMILES string of the molecule is O=C(NCC1(CCl)CCCC1)C1CCOCC1. The monoisotopic (exact) mass is 259 g/mol. The number of hydrogen-bond donors (Lipinski definition) is 1. The van der Waals surface area contributed by atoms with E-state index in [4.69, 9.17) is 16.3 Å². The quantitative estimate of drug-likeness (QED) is 0.787. The molecule has 0 aromatic rings. The Morgan fingerprint density at radius 3 is 2.53 bits per heavy atom. The second-order valence-corrected chi connectivity index (χ2v) is 5.71. The topological polar surface area (TPSA) is 38.3 Å². The molecule has 0 spiro atoms. The fraction of sp³-hybridized carbons (Fsp3) is 0.923. The van der Waals surface area contributed by atoms with Crippen LogP contribution in [0.4, 0.5) is 0 Å². The summed E-state index contributed by atoms with van der Waals surface area (Å²) in [5.74, 6) is 1.02. The van der Waals surface area contributed by atoms with Crippen molar-refractivity contribution >= 4 is 17.5 Å². The van der Waals surface area contributed by atoms with Crippen molar-refractivity contribution in [3.05, 3.63) is 0 Å². The van der Waals surface area contributed by atoms with Crippen molar-refractivity contribution in [3.8, 4) is 0 Å². The molecule has 4 heteroatoms. The normalized spacial score (nSPS) is 24.8. The lowest BCUT2D eigenvalue weighted by atomic mass is 9.88. The molecule has 1 saturated heterocycles. The number of nitrogens with one attached hydrogen (secondary N) is 1. The van der Waals surface area contributed by atoms with Crippen LogP contribution in [0.2, 0.25) is 0 Å². The maximum Gasteiger partial charge on any atom is 0.223 e. The van der Waals surface area contributed by atoms with E-state index in [1.54, 1.807) is 0 Å². The zero-order chi connectivity index (χ0) is 12.1. The first-order valence-electron chi connectivity index (χ1n) is 6.67. The summed E-state index contributed by atoms with van der Waals surface area (Å²) in [4.78, 5) is 12.0. The van der Waals surface area contributed by atoms with Gasteiger partial charge < -0.3 is 10.1 Å². The molecule has 2 aliphatic rings. The molecule has 0 bridgehead atoms. The smallest absolute Gasteiger partial charge is 0.223 e. The largest absolute Gasteiger partial charge is 0.381 e. The van der Waals surface area contributed by atoms with Gasteiger partial charge in [-0.05, 0) is 25.7 Å². The summed E-state index contributed by atoms with van der Waals surface area (Å²) in [5, 5.41) is 3.11. The maximum absolute atomic E-state index is 12.0. The van der Waals surface area contributed by atoms with E-state index >= 15 is 0 Å². The van der Waals surface area contributed by atoms with Crippen LogP contribution in [0.3, 0.4) is 0 Å². The number of ether oxygens (including phenoxy) is 1. The van der Waals surface area contributed by atoms with Gasteiger partial charge in [-0.1, -0.05) is 12.8 Å². The van der Waals surface area contributed by atoms with Gasteiger partial charge in [0.2, 0.25) is 5.91 Å². The van der Waals surface area contributed by atoms with Crippen LogP contribution in [-0.2, 0) is 9.53 Å². The van der Waals surface area contributed by atoms with Crippen LogP contribution in [-0.4, -0.2) is 31.5 Å². The van der Waals surface area contributed by atoms with Crippen molar-refractivity contribution in [3.63, 3.8) is 0 Å². The van der Waals surface area contributed by atoms with E-state index in [2.05, 4.69) is 5.32 Å². The second kappa shape index (κ2) is 6.05. The Morgan fingerprint density at radius 2 is 1.94 bits per heavy atom. The third-order valence-electron chi connectivity index (χ3n) is 4.18. The number of rotatable bonds is 4. The van der Waals surface area contributed by atoms with Crippen molar-refractivity contribution < 1.29 is 9.53 Å². The van der Waals surface area contributed by atoms with E-state index in [0.717, 1.165) is 45.4 Å². The number of amides is 1. The lowest BCUT2D eigenvalue weighted by Crippen LogP contribution is -2.41. The molecule has 0 aromatic carbocycles. The fourth-order valence-corrected chi connectivity index (χ4v) is 3.22. The van der Waals surface area contributed by atoms with Gasteiger partial charge in [0, 0.05) is 37.0 Å². The van der Waals surface area contributed by atoms with Gasteiger partial charge in [0.25, 0.3) is 0 Å². The van der Waals surface area contributed by atoms with Crippen molar-refractivity contribution in [1.82, 2.24) is 5.32 Å². The minimum Gasteiger partial charge on any atom is -0.381 e. The zero-order valence-corrected chi connectivity index (χ0v) is 11.1. The molecule has 1 saturated carbocycles. The van der Waals surface area contributed by atoms with Gasteiger partial charge >= 0.3 is 0 Å². The van der Waals surface area contributed by atoms with Crippen LogP contribution in [0.1, 0.15) is 38.5 Å². The molecule has 1 heterocycles. The number of alkyl halides is 1. The Bertz CT molecular complexity index is 258. The highest BCUT2D eigenvalue weighted by atomic mass is 35.5. The Labute approximate surface area is 108 Å². The van der Waals surface area contributed by atoms with Gasteiger partial charge in [-0.15, -0.1) is 11.6 Å². The van der Waals surface area contributed by atoms with Crippen molar-refractivity contribution in [1.29, 1.82) is 0 Å². The molecule has 98 valence electrons. The summed E-state index contributed by atoms with van der Waals surface area (Å²) in [7, 11) is 0. The molecular weight excluding hydrogens is 238 g/mol. The minimum absolute atomic E-state index is 0.150. The molecule has 1 amide bonds. The molecule has 1 aliphatic carbocycles. The van der Waals surface area contributed by atoms with Crippen LogP contribution < -0.4 is 5.32 Å². The van der Waals surface area contributed by atoms with Crippen LogP contribution >= 0.6 is 11.6 Å². The Balaban J connectivity index is 1.78. The molecule has 2 fully saturated rings. The Kier molecular flexibility index (Phi) is 4.69. The van der Waals surface area contributed by atoms with Gasteiger partial charge in [-0.3, -0.25) is 4.79 Å². The lowest BCUT2D eigenvalue weighted by Gasteiger charge is -2.28. The predicted molar refractivity (Wildman–Crippen MR) is 68.2 cm³/mol. The first-order valence-corrected chi connectivity index (χ1v) is 7.21. The van der Waals surface area contributed by atoms with Crippen molar-refractivity contribution in [2.75, 3.05) is 25.6 Å². The van der Waals surface area contributed by atoms with Gasteiger partial charge in [0.05, 0.1) is 0 Å². The zero-order valence-electron chi connectivity index (χ0n) is 10.3. The number of halogens is 1. The highest BCUT2D eigenvalue weighted by Gasteiger charge is 2.34. The van der Waals surface area contributed by atoms with Gasteiger partial charge in [-0.25, -0.2) is 0 Å². The number of carbonyl (C=O) groups excluding carboxylic acids is 1. The summed E-state index contributed by atoms with van der Waals surface area (Å²) >= 11 is 6.06. The van der Waals surface area contributed by atoms with E-state index in [1.807, 2.05) is 0 Å². The Hall–Kier alpha value is -0.280. The summed E-state index contributed by atoms with van der Waals surface area (Å²) in [5.41, 5.74) is 0.169. The summed E-state index contributed by atoms with van der Waals surface area (Å²) in [6.45, 7) is 2.20. The average molecular weight is 260 g/mol. The van der Waals surface area contributed by atoms with E-state index in [-0.39, 0.29) is 17.2 Å². The Morgan fingerprint density at radius 1 is 1.29 bits per heavy atom. The highest BCUT2D eigenvalue weighted by molar-refractivity contribution is 6.18. The first kappa shape index (κ1) is 13.2. The van der Waals surface area contributed by atoms with E-state index < -0.39 is 0 Å². The van der Waals surface area contributed by atoms with E-state index in [9.17, 15) is 4.79 Å². The summed E-state index contributed by atoms with van der Waals surface area (Å²) in [6, 6.07) is 0. The van der Waals surface area contributed by atoms with Crippen LogP contribution in [0.5, 0.6) is 0 Å². The molecule has 1 N–H and O–H groups in total. The molecule has 0 aromatic heterocycles. The molecule has 0 unspecified atom stereocenters. The van der Waals surface area contributed by atoms with Gasteiger partial charge in [0.1, 0.15) is 0 Å². The second-order valence-electron chi connectivity index (χ2n) is 5.45. The molecular formula is C13H22ClNO2. The molecule has 1 aliphatic heterocycles. The third-order valence-corrected chi connectivity index (χ3v) is 4.74. The molecule has 17 heavy (non-hydrogen) atoms. The first-order chi connectivity index (χ1) is 8.26. The maximum atomic E-state index is 12.0. The lowest BCUT2D eigenvalue weighted by molar-refractivity contribution is -0.128. The van der Waals surface area contributed by atoms with Crippen LogP contribution in [0.25, 0.3) is 0 Å². The molecule has 0 radical (unpaired) electrons. The number of hydrogen-bond acceptors (Lipinski definition) is 2. The van der Waals surface area contributed by atoms with E-state index in [0.29, 0.717) is 5.88 Å². The van der Waals surface area contributed by atoms with Crippen LogP contribution in [0, 0.1) is 11.3 Å². The van der Waals surface area contributed by atoms with Crippen molar-refractivity contribution in [2.24, 2.45) is 11.3 Å². The van der Waals surface area contributed by atoms with E-state index in [1.165, 1.54) is 12.8 Å². The highest BCUT2D eigenvalue weighted by Crippen LogP contribution is 2.38. The fourth-order valence-electron chi connectivity index (χ4n) is 2.86.